The van der Waals surface area contributed by atoms with Gasteiger partial charge in [0, 0.05) is 6.92 Å². The topological polar surface area (TPSA) is 97.4 Å². The predicted octanol–water partition coefficient (Wildman–Crippen LogP) is 3.37. The van der Waals surface area contributed by atoms with Crippen molar-refractivity contribution in [3.63, 3.8) is 0 Å². The Morgan fingerprint density at radius 2 is 2.00 bits per heavy atom. The van der Waals surface area contributed by atoms with Gasteiger partial charge in [-0.05, 0) is 36.8 Å². The molecule has 3 aromatic rings. The van der Waals surface area contributed by atoms with E-state index in [0.29, 0.717) is 5.75 Å². The van der Waals surface area contributed by atoms with Crippen molar-refractivity contribution in [2.45, 2.75) is 18.7 Å². The number of methoxy groups -OCH3 is 1. The smallest absolute Gasteiger partial charge is 0.263 e. The number of fused-ring (bicyclic) bond motifs is 1. The summed E-state index contributed by atoms with van der Waals surface area (Å²) in [5.74, 6) is 0.0437. The molecule has 0 radical (unpaired) electrons. The Hall–Kier alpha value is -2.65. The first-order valence-corrected chi connectivity index (χ1v) is 9.95. The van der Waals surface area contributed by atoms with Gasteiger partial charge in [-0.1, -0.05) is 23.5 Å². The van der Waals surface area contributed by atoms with Gasteiger partial charge in [-0.3, -0.25) is 9.52 Å². The first-order chi connectivity index (χ1) is 12.3. The molecule has 1 aromatic heterocycles. The van der Waals surface area contributed by atoms with Gasteiger partial charge < -0.3 is 10.1 Å². The molecule has 2 N–H and O–H groups in total. The van der Waals surface area contributed by atoms with Crippen LogP contribution in [-0.4, -0.2) is 26.4 Å². The van der Waals surface area contributed by atoms with Crippen LogP contribution in [0.25, 0.3) is 10.2 Å². The summed E-state index contributed by atoms with van der Waals surface area (Å²) in [7, 11) is -2.43. The zero-order valence-electron chi connectivity index (χ0n) is 14.4. The van der Waals surface area contributed by atoms with Gasteiger partial charge in [0.15, 0.2) is 5.13 Å². The molecule has 0 saturated heterocycles. The Morgan fingerprint density at radius 1 is 1.23 bits per heavy atom. The minimum absolute atomic E-state index is 0.00183. The van der Waals surface area contributed by atoms with E-state index < -0.39 is 10.0 Å². The number of anilines is 2. The van der Waals surface area contributed by atoms with E-state index in [1.165, 1.54) is 43.6 Å². The van der Waals surface area contributed by atoms with Gasteiger partial charge in [-0.15, -0.1) is 0 Å². The van der Waals surface area contributed by atoms with Crippen molar-refractivity contribution in [1.82, 2.24) is 4.98 Å². The number of para-hydroxylation sites is 1. The molecular weight excluding hydrogens is 374 g/mol. The fourth-order valence-electron chi connectivity index (χ4n) is 2.45. The van der Waals surface area contributed by atoms with Gasteiger partial charge in [0.2, 0.25) is 5.91 Å². The number of rotatable bonds is 5. The van der Waals surface area contributed by atoms with Crippen LogP contribution in [-0.2, 0) is 14.8 Å². The van der Waals surface area contributed by atoms with Gasteiger partial charge in [-0.25, -0.2) is 13.4 Å². The van der Waals surface area contributed by atoms with Crippen LogP contribution in [0.4, 0.5) is 10.8 Å². The summed E-state index contributed by atoms with van der Waals surface area (Å²) in [4.78, 5) is 15.7. The van der Waals surface area contributed by atoms with Crippen LogP contribution in [0.5, 0.6) is 5.75 Å². The quantitative estimate of drug-likeness (QED) is 0.695. The molecule has 7 nitrogen and oxygen atoms in total. The summed E-state index contributed by atoms with van der Waals surface area (Å²) >= 11 is 1.26. The second-order valence-corrected chi connectivity index (χ2v) is 8.30. The van der Waals surface area contributed by atoms with E-state index in [9.17, 15) is 13.2 Å². The first kappa shape index (κ1) is 18.2. The van der Waals surface area contributed by atoms with Gasteiger partial charge >= 0.3 is 0 Å². The zero-order valence-corrected chi connectivity index (χ0v) is 16.0. The highest BCUT2D eigenvalue weighted by molar-refractivity contribution is 7.93. The molecule has 0 atom stereocenters. The number of carbonyl (C=O) groups excluding carboxylic acids is 1. The van der Waals surface area contributed by atoms with E-state index in [1.807, 2.05) is 25.1 Å². The highest BCUT2D eigenvalue weighted by Crippen LogP contribution is 2.31. The normalized spacial score (nSPS) is 11.3. The fourth-order valence-corrected chi connectivity index (χ4v) is 4.65. The third-order valence-corrected chi connectivity index (χ3v) is 6.04. The number of hydrogen-bond donors (Lipinski definition) is 2. The third-order valence-electron chi connectivity index (χ3n) is 3.63. The predicted molar refractivity (Wildman–Crippen MR) is 102 cm³/mol. The van der Waals surface area contributed by atoms with Crippen LogP contribution in [0.2, 0.25) is 0 Å². The largest absolute Gasteiger partial charge is 0.495 e. The van der Waals surface area contributed by atoms with E-state index in [0.717, 1.165) is 15.8 Å². The van der Waals surface area contributed by atoms with Crippen LogP contribution >= 0.6 is 11.3 Å². The van der Waals surface area contributed by atoms with Crippen LogP contribution in [0.3, 0.4) is 0 Å². The number of sulfonamides is 1. The average molecular weight is 391 g/mol. The Labute approximate surface area is 155 Å². The number of thiazole rings is 1. The first-order valence-electron chi connectivity index (χ1n) is 7.65. The molecule has 0 spiro atoms. The molecule has 136 valence electrons. The number of nitrogens with one attached hydrogen (secondary N) is 2. The number of benzene rings is 2. The van der Waals surface area contributed by atoms with E-state index in [4.69, 9.17) is 4.74 Å². The standard InChI is InChI=1S/C17H17N3O4S2/c1-10-5-4-6-15-16(10)19-17(25-15)20-26(22,23)12-7-8-14(24-3)13(9-12)18-11(2)21/h4-9H,1-3H3,(H,18,21)(H,19,20). The Kier molecular flexibility index (Phi) is 4.84. The van der Waals surface area contributed by atoms with Crippen molar-refractivity contribution in [1.29, 1.82) is 0 Å². The fraction of sp³-hybridized carbons (Fsp3) is 0.176. The lowest BCUT2D eigenvalue weighted by molar-refractivity contribution is -0.114. The Balaban J connectivity index is 1.96. The summed E-state index contributed by atoms with van der Waals surface area (Å²) in [6.45, 7) is 3.26. The lowest BCUT2D eigenvalue weighted by atomic mass is 10.2. The molecule has 0 bridgehead atoms. The molecule has 2 aromatic carbocycles. The van der Waals surface area contributed by atoms with E-state index in [1.54, 1.807) is 0 Å². The van der Waals surface area contributed by atoms with Gasteiger partial charge in [0.25, 0.3) is 10.0 Å². The van der Waals surface area contributed by atoms with Crippen molar-refractivity contribution >= 4 is 48.3 Å². The van der Waals surface area contributed by atoms with Crippen LogP contribution in [0.1, 0.15) is 12.5 Å². The second kappa shape index (κ2) is 6.93. The SMILES string of the molecule is COc1ccc(S(=O)(=O)Nc2nc3c(C)cccc3s2)cc1NC(C)=O. The maximum atomic E-state index is 12.7. The number of carbonyl (C=O) groups is 1. The average Bonchev–Trinajstić information content (AvgIpc) is 2.97. The highest BCUT2D eigenvalue weighted by atomic mass is 32.2. The van der Waals surface area contributed by atoms with Crippen molar-refractivity contribution < 1.29 is 17.9 Å². The molecular formula is C17H17N3O4S2. The number of aromatic nitrogens is 1. The number of aryl methyl sites for hydroxylation is 1. The van der Waals surface area contributed by atoms with Gasteiger partial charge in [-0.2, -0.15) is 0 Å². The summed E-state index contributed by atoms with van der Waals surface area (Å²) in [6.07, 6.45) is 0. The molecule has 1 amide bonds. The molecule has 0 aliphatic heterocycles. The monoisotopic (exact) mass is 391 g/mol. The molecule has 0 aliphatic carbocycles. The molecule has 3 rings (SSSR count). The zero-order chi connectivity index (χ0) is 18.9. The second-order valence-electron chi connectivity index (χ2n) is 5.59. The lowest BCUT2D eigenvalue weighted by Crippen LogP contribution is -2.14. The molecule has 0 aliphatic rings. The minimum Gasteiger partial charge on any atom is -0.495 e. The van der Waals surface area contributed by atoms with Gasteiger partial charge in [0.1, 0.15) is 5.75 Å². The Morgan fingerprint density at radius 3 is 2.65 bits per heavy atom. The maximum Gasteiger partial charge on any atom is 0.263 e. The number of nitrogens with zero attached hydrogens (tertiary/aromatic N) is 1. The van der Waals surface area contributed by atoms with Crippen molar-refractivity contribution in [2.75, 3.05) is 17.1 Å². The maximum absolute atomic E-state index is 12.7. The van der Waals surface area contributed by atoms with Crippen molar-refractivity contribution in [3.05, 3.63) is 42.0 Å². The molecule has 0 unspecified atom stereocenters. The molecule has 0 saturated carbocycles. The van der Waals surface area contributed by atoms with Crippen LogP contribution in [0, 0.1) is 6.92 Å². The lowest BCUT2D eigenvalue weighted by Gasteiger charge is -2.11. The molecule has 1 heterocycles. The van der Waals surface area contributed by atoms with E-state index in [2.05, 4.69) is 15.0 Å². The van der Waals surface area contributed by atoms with Crippen LogP contribution < -0.4 is 14.8 Å². The van der Waals surface area contributed by atoms with E-state index >= 15 is 0 Å². The third kappa shape index (κ3) is 3.63. The summed E-state index contributed by atoms with van der Waals surface area (Å²) in [5.41, 5.74) is 2.02. The number of amides is 1. The van der Waals surface area contributed by atoms with Gasteiger partial charge in [0.05, 0.1) is 27.9 Å². The number of ether oxygens (including phenoxy) is 1. The van der Waals surface area contributed by atoms with Crippen LogP contribution in [0.15, 0.2) is 41.3 Å². The van der Waals surface area contributed by atoms with Crippen molar-refractivity contribution in [2.24, 2.45) is 0 Å². The molecule has 0 fully saturated rings. The van der Waals surface area contributed by atoms with Crippen molar-refractivity contribution in [3.8, 4) is 5.75 Å². The Bertz CT molecular complexity index is 1090. The summed E-state index contributed by atoms with van der Waals surface area (Å²) in [6, 6.07) is 9.95. The highest BCUT2D eigenvalue weighted by Gasteiger charge is 2.19. The number of hydrogen-bond acceptors (Lipinski definition) is 6. The summed E-state index contributed by atoms with van der Waals surface area (Å²) in [5, 5.41) is 2.84. The van der Waals surface area contributed by atoms with E-state index in [-0.39, 0.29) is 21.6 Å². The summed E-state index contributed by atoms with van der Waals surface area (Å²) < 4.78 is 33.9. The molecule has 26 heavy (non-hydrogen) atoms. The minimum atomic E-state index is -3.87. The molecule has 9 heteroatoms.